The Morgan fingerprint density at radius 1 is 1.17 bits per heavy atom. The molecular formula is C17H13F3N4O5S. The lowest BCUT2D eigenvalue weighted by Gasteiger charge is -2.29. The molecule has 1 fully saturated rings. The first kappa shape index (κ1) is 20.1. The first-order chi connectivity index (χ1) is 14.0. The number of carbonyl (C=O) groups is 3. The van der Waals surface area contributed by atoms with E-state index < -0.39 is 50.6 Å². The highest BCUT2D eigenvalue weighted by atomic mass is 32.2. The van der Waals surface area contributed by atoms with Crippen LogP contribution in [-0.2, 0) is 32.3 Å². The number of nitrogens with one attached hydrogen (secondary N) is 1. The number of aromatic nitrogens is 2. The maximum absolute atomic E-state index is 12.8. The van der Waals surface area contributed by atoms with Crippen LogP contribution >= 0.6 is 0 Å². The van der Waals surface area contributed by atoms with Crippen molar-refractivity contribution < 1.29 is 36.0 Å². The highest BCUT2D eigenvalue weighted by Gasteiger charge is 2.40. The molecule has 1 aromatic carbocycles. The summed E-state index contributed by atoms with van der Waals surface area (Å²) in [5, 5.41) is 2.16. The molecule has 2 aromatic rings. The molecule has 0 aliphatic carbocycles. The van der Waals surface area contributed by atoms with Crippen molar-refractivity contribution in [3.63, 3.8) is 0 Å². The summed E-state index contributed by atoms with van der Waals surface area (Å²) in [6, 6.07) is 2.73. The molecule has 0 radical (unpaired) electrons. The Bertz CT molecular complexity index is 1190. The molecule has 1 atom stereocenters. The molecule has 1 unspecified atom stereocenters. The summed E-state index contributed by atoms with van der Waals surface area (Å²) in [7, 11) is -4.42. The lowest BCUT2D eigenvalue weighted by atomic mass is 10.0. The predicted molar refractivity (Wildman–Crippen MR) is 92.3 cm³/mol. The molecule has 1 N–H and O–H groups in total. The molecule has 9 nitrogen and oxygen atoms in total. The zero-order chi connectivity index (χ0) is 21.8. The van der Waals surface area contributed by atoms with Gasteiger partial charge in [0.15, 0.2) is 5.69 Å². The van der Waals surface area contributed by atoms with Crippen molar-refractivity contribution in [3.8, 4) is 0 Å². The van der Waals surface area contributed by atoms with Crippen LogP contribution in [-0.4, -0.2) is 46.0 Å². The third kappa shape index (κ3) is 3.24. The van der Waals surface area contributed by atoms with E-state index in [1.807, 2.05) is 0 Å². The van der Waals surface area contributed by atoms with E-state index >= 15 is 0 Å². The SMILES string of the molecule is O=C1CCC(N2Cc3ccc(S(=O)(=O)n4cnc(C(F)(F)F)c4)cc3C2=O)C(=O)N1. The summed E-state index contributed by atoms with van der Waals surface area (Å²) in [4.78, 5) is 40.0. The fraction of sp³-hybridized carbons (Fsp3) is 0.294. The molecule has 3 heterocycles. The maximum Gasteiger partial charge on any atom is 0.434 e. The normalized spacial score (nSPS) is 19.8. The van der Waals surface area contributed by atoms with Gasteiger partial charge < -0.3 is 4.90 Å². The van der Waals surface area contributed by atoms with Gasteiger partial charge in [-0.1, -0.05) is 6.07 Å². The largest absolute Gasteiger partial charge is 0.434 e. The van der Waals surface area contributed by atoms with Gasteiger partial charge in [0.05, 0.1) is 11.1 Å². The van der Waals surface area contributed by atoms with Crippen LogP contribution in [0.25, 0.3) is 0 Å². The van der Waals surface area contributed by atoms with Crippen LogP contribution in [0.15, 0.2) is 35.6 Å². The summed E-state index contributed by atoms with van der Waals surface area (Å²) >= 11 is 0. The van der Waals surface area contributed by atoms with Gasteiger partial charge in [-0.05, 0) is 24.1 Å². The molecule has 4 rings (SSSR count). The number of hydrogen-bond acceptors (Lipinski definition) is 6. The third-order valence-electron chi connectivity index (χ3n) is 4.93. The lowest BCUT2D eigenvalue weighted by molar-refractivity contribution is -0.141. The van der Waals surface area contributed by atoms with Crippen LogP contribution in [0.4, 0.5) is 13.2 Å². The molecule has 2 aliphatic heterocycles. The smallest absolute Gasteiger partial charge is 0.322 e. The van der Waals surface area contributed by atoms with Crippen LogP contribution in [0.2, 0.25) is 0 Å². The fourth-order valence-electron chi connectivity index (χ4n) is 3.40. The Morgan fingerprint density at radius 2 is 1.90 bits per heavy atom. The summed E-state index contributed by atoms with van der Waals surface area (Å²) in [5.41, 5.74) is -0.880. The Kier molecular flexibility index (Phi) is 4.45. The minimum absolute atomic E-state index is 0.0249. The minimum atomic E-state index is -4.81. The highest BCUT2D eigenvalue weighted by Crippen LogP contribution is 2.31. The van der Waals surface area contributed by atoms with Crippen molar-refractivity contribution in [2.75, 3.05) is 0 Å². The first-order valence-electron chi connectivity index (χ1n) is 8.63. The summed E-state index contributed by atoms with van der Waals surface area (Å²) in [6.45, 7) is 0.0457. The number of benzene rings is 1. The van der Waals surface area contributed by atoms with Crippen molar-refractivity contribution >= 4 is 27.7 Å². The molecule has 1 saturated heterocycles. The lowest BCUT2D eigenvalue weighted by Crippen LogP contribution is -2.52. The zero-order valence-corrected chi connectivity index (χ0v) is 15.8. The Hall–Kier alpha value is -3.22. The fourth-order valence-corrected chi connectivity index (χ4v) is 4.56. The number of hydrogen-bond donors (Lipinski definition) is 1. The quantitative estimate of drug-likeness (QED) is 0.706. The molecule has 1 aromatic heterocycles. The number of imidazole rings is 1. The van der Waals surface area contributed by atoms with Crippen molar-refractivity contribution in [1.82, 2.24) is 19.2 Å². The van der Waals surface area contributed by atoms with Crippen LogP contribution in [0.5, 0.6) is 0 Å². The zero-order valence-electron chi connectivity index (χ0n) is 15.0. The van der Waals surface area contributed by atoms with E-state index in [9.17, 15) is 36.0 Å². The van der Waals surface area contributed by atoms with Crippen LogP contribution < -0.4 is 5.32 Å². The molecule has 0 spiro atoms. The van der Waals surface area contributed by atoms with Gasteiger partial charge in [0.1, 0.15) is 12.4 Å². The third-order valence-corrected chi connectivity index (χ3v) is 6.53. The monoisotopic (exact) mass is 442 g/mol. The van der Waals surface area contributed by atoms with E-state index in [1.54, 1.807) is 0 Å². The number of carbonyl (C=O) groups excluding carboxylic acids is 3. The van der Waals surface area contributed by atoms with Crippen molar-refractivity contribution in [3.05, 3.63) is 47.5 Å². The molecule has 3 amide bonds. The minimum Gasteiger partial charge on any atom is -0.322 e. The number of rotatable bonds is 3. The molecule has 0 bridgehead atoms. The maximum atomic E-state index is 12.8. The van der Waals surface area contributed by atoms with Crippen LogP contribution in [0.3, 0.4) is 0 Å². The van der Waals surface area contributed by atoms with Gasteiger partial charge >= 0.3 is 6.18 Å². The average molecular weight is 442 g/mol. The van der Waals surface area contributed by atoms with E-state index in [1.165, 1.54) is 17.0 Å². The van der Waals surface area contributed by atoms with E-state index in [0.717, 1.165) is 6.07 Å². The van der Waals surface area contributed by atoms with E-state index in [2.05, 4.69) is 10.3 Å². The topological polar surface area (TPSA) is 118 Å². The Balaban J connectivity index is 1.64. The molecule has 158 valence electrons. The van der Waals surface area contributed by atoms with E-state index in [0.29, 0.717) is 22.1 Å². The number of halogens is 3. The standard InChI is InChI=1S/C17H13F3N4O5S/c18-17(19,20)13-7-23(8-21-13)30(28,29)10-2-1-9-6-24(16(27)11(9)5-10)12-3-4-14(25)22-15(12)26/h1-2,5,7-8,12H,3-4,6H2,(H,22,25,26). The number of alkyl halides is 3. The van der Waals surface area contributed by atoms with Gasteiger partial charge in [-0.2, -0.15) is 13.2 Å². The average Bonchev–Trinajstić information content (AvgIpc) is 3.28. The number of piperidine rings is 1. The second kappa shape index (κ2) is 6.65. The van der Waals surface area contributed by atoms with E-state index in [4.69, 9.17) is 0 Å². The molecule has 13 heteroatoms. The van der Waals surface area contributed by atoms with Gasteiger partial charge in [-0.25, -0.2) is 17.4 Å². The summed E-state index contributed by atoms with van der Waals surface area (Å²) in [6.07, 6.45) is -3.72. The van der Waals surface area contributed by atoms with Crippen molar-refractivity contribution in [1.29, 1.82) is 0 Å². The molecule has 0 saturated carbocycles. The molecular weight excluding hydrogens is 429 g/mol. The van der Waals surface area contributed by atoms with Gasteiger partial charge in [0.25, 0.3) is 15.9 Å². The van der Waals surface area contributed by atoms with Crippen molar-refractivity contribution in [2.24, 2.45) is 0 Å². The Labute approximate surface area is 167 Å². The number of amides is 3. The first-order valence-corrected chi connectivity index (χ1v) is 10.1. The molecule has 30 heavy (non-hydrogen) atoms. The van der Waals surface area contributed by atoms with E-state index in [-0.39, 0.29) is 24.9 Å². The summed E-state index contributed by atoms with van der Waals surface area (Å²) < 4.78 is 63.9. The van der Waals surface area contributed by atoms with Gasteiger partial charge in [0, 0.05) is 18.5 Å². The number of fused-ring (bicyclic) bond motifs is 1. The number of nitrogens with zero attached hydrogens (tertiary/aromatic N) is 3. The Morgan fingerprint density at radius 3 is 2.53 bits per heavy atom. The molecule has 2 aliphatic rings. The van der Waals surface area contributed by atoms with Crippen LogP contribution in [0, 0.1) is 0 Å². The van der Waals surface area contributed by atoms with Gasteiger partial charge in [-0.3, -0.25) is 19.7 Å². The predicted octanol–water partition coefficient (Wildman–Crippen LogP) is 0.900. The van der Waals surface area contributed by atoms with Gasteiger partial charge in [0.2, 0.25) is 11.8 Å². The second-order valence-electron chi connectivity index (χ2n) is 6.81. The van der Waals surface area contributed by atoms with Gasteiger partial charge in [-0.15, -0.1) is 0 Å². The second-order valence-corrected chi connectivity index (χ2v) is 8.65. The van der Waals surface area contributed by atoms with Crippen LogP contribution in [0.1, 0.15) is 34.5 Å². The van der Waals surface area contributed by atoms with Crippen molar-refractivity contribution in [2.45, 2.75) is 36.5 Å². The highest BCUT2D eigenvalue weighted by molar-refractivity contribution is 7.90. The summed E-state index contributed by atoms with van der Waals surface area (Å²) in [5.74, 6) is -1.65. The number of imide groups is 1.